The first-order valence-corrected chi connectivity index (χ1v) is 5.00. The van der Waals surface area contributed by atoms with Crippen LogP contribution in [0.3, 0.4) is 0 Å². The molecular formula is C11H9F3N3O. The van der Waals surface area contributed by atoms with Crippen LogP contribution in [0.5, 0.6) is 0 Å². The van der Waals surface area contributed by atoms with E-state index in [0.717, 1.165) is 10.7 Å². The van der Waals surface area contributed by atoms with Crippen molar-refractivity contribution < 1.29 is 17.9 Å². The molecule has 0 fully saturated rings. The Hall–Kier alpha value is -1.89. The molecule has 95 valence electrons. The molecule has 0 aliphatic carbocycles. The van der Waals surface area contributed by atoms with Gasteiger partial charge in [0.15, 0.2) is 5.82 Å². The van der Waals surface area contributed by atoms with E-state index in [1.807, 2.05) is 0 Å². The lowest BCUT2D eigenvalue weighted by Gasteiger charge is -2.13. The Balaban J connectivity index is 2.54. The molecule has 2 heterocycles. The first-order valence-electron chi connectivity index (χ1n) is 5.00. The summed E-state index contributed by atoms with van der Waals surface area (Å²) in [5.41, 5.74) is -0.471. The van der Waals surface area contributed by atoms with Crippen molar-refractivity contribution in [2.24, 2.45) is 0 Å². The predicted molar refractivity (Wildman–Crippen MR) is 55.9 cm³/mol. The highest BCUT2D eigenvalue weighted by Crippen LogP contribution is 2.32. The van der Waals surface area contributed by atoms with Crippen LogP contribution in [0.2, 0.25) is 0 Å². The summed E-state index contributed by atoms with van der Waals surface area (Å²) in [7, 11) is 1.44. The monoisotopic (exact) mass is 256 g/mol. The molecule has 0 saturated carbocycles. The largest absolute Gasteiger partial charge is 0.420 e. The van der Waals surface area contributed by atoms with Crippen molar-refractivity contribution in [1.82, 2.24) is 14.8 Å². The SMILES string of the molecule is COCc1[c]cnn1-c1ncccc1C(F)(F)F. The third-order valence-electron chi connectivity index (χ3n) is 2.23. The molecular weight excluding hydrogens is 247 g/mol. The zero-order valence-electron chi connectivity index (χ0n) is 9.40. The predicted octanol–water partition coefficient (Wildman–Crippen LogP) is 2.23. The molecule has 0 unspecified atom stereocenters. The number of pyridine rings is 1. The van der Waals surface area contributed by atoms with Crippen LogP contribution < -0.4 is 0 Å². The highest BCUT2D eigenvalue weighted by molar-refractivity contribution is 5.36. The summed E-state index contributed by atoms with van der Waals surface area (Å²) >= 11 is 0. The molecule has 0 saturated heterocycles. The fourth-order valence-electron chi connectivity index (χ4n) is 1.50. The number of halogens is 3. The zero-order chi connectivity index (χ0) is 13.2. The van der Waals surface area contributed by atoms with Crippen LogP contribution in [0.1, 0.15) is 11.3 Å². The fraction of sp³-hybridized carbons (Fsp3) is 0.273. The molecule has 4 nitrogen and oxygen atoms in total. The van der Waals surface area contributed by atoms with E-state index in [2.05, 4.69) is 16.1 Å². The molecule has 0 bridgehead atoms. The first kappa shape index (κ1) is 12.6. The number of ether oxygens (including phenoxy) is 1. The molecule has 2 aromatic heterocycles. The van der Waals surface area contributed by atoms with Crippen molar-refractivity contribution >= 4 is 0 Å². The molecule has 0 aliphatic heterocycles. The molecule has 7 heteroatoms. The number of alkyl halides is 3. The molecule has 0 N–H and O–H groups in total. The Labute approximate surface area is 101 Å². The molecule has 1 radical (unpaired) electrons. The van der Waals surface area contributed by atoms with Crippen LogP contribution >= 0.6 is 0 Å². The van der Waals surface area contributed by atoms with Crippen LogP contribution in [-0.4, -0.2) is 21.9 Å². The second-order valence-corrected chi connectivity index (χ2v) is 3.45. The molecule has 0 atom stereocenters. The average Bonchev–Trinajstić information content (AvgIpc) is 2.77. The second kappa shape index (κ2) is 4.77. The number of methoxy groups -OCH3 is 1. The van der Waals surface area contributed by atoms with Gasteiger partial charge in [0.05, 0.1) is 18.5 Å². The number of hydrogen-bond acceptors (Lipinski definition) is 3. The highest BCUT2D eigenvalue weighted by atomic mass is 19.4. The van der Waals surface area contributed by atoms with E-state index in [0.29, 0.717) is 5.69 Å². The molecule has 2 aromatic rings. The minimum Gasteiger partial charge on any atom is -0.378 e. The fourth-order valence-corrected chi connectivity index (χ4v) is 1.50. The Morgan fingerprint density at radius 3 is 2.89 bits per heavy atom. The lowest BCUT2D eigenvalue weighted by Crippen LogP contribution is -2.14. The van der Waals surface area contributed by atoms with Gasteiger partial charge in [-0.3, -0.25) is 0 Å². The summed E-state index contributed by atoms with van der Waals surface area (Å²) in [6, 6.07) is 4.89. The van der Waals surface area contributed by atoms with E-state index >= 15 is 0 Å². The minimum absolute atomic E-state index is 0.105. The third kappa shape index (κ3) is 2.35. The van der Waals surface area contributed by atoms with Gasteiger partial charge in [0, 0.05) is 19.4 Å². The minimum atomic E-state index is -4.49. The summed E-state index contributed by atoms with van der Waals surface area (Å²) < 4.78 is 44.5. The number of nitrogens with zero attached hydrogens (tertiary/aromatic N) is 3. The molecule has 0 aromatic carbocycles. The topological polar surface area (TPSA) is 39.9 Å². The Bertz CT molecular complexity index is 536. The van der Waals surface area contributed by atoms with Crippen molar-refractivity contribution in [1.29, 1.82) is 0 Å². The lowest BCUT2D eigenvalue weighted by molar-refractivity contribution is -0.137. The van der Waals surface area contributed by atoms with Crippen molar-refractivity contribution in [3.05, 3.63) is 41.9 Å². The zero-order valence-corrected chi connectivity index (χ0v) is 9.40. The number of hydrogen-bond donors (Lipinski definition) is 0. The summed E-state index contributed by atoms with van der Waals surface area (Å²) in [5.74, 6) is -0.279. The molecule has 0 spiro atoms. The summed E-state index contributed by atoms with van der Waals surface area (Å²) in [6.45, 7) is 0.105. The highest BCUT2D eigenvalue weighted by Gasteiger charge is 2.35. The normalized spacial score (nSPS) is 11.8. The van der Waals surface area contributed by atoms with Crippen LogP contribution in [0.15, 0.2) is 24.5 Å². The van der Waals surface area contributed by atoms with Gasteiger partial charge >= 0.3 is 6.18 Å². The van der Waals surface area contributed by atoms with E-state index in [1.54, 1.807) is 0 Å². The van der Waals surface area contributed by atoms with E-state index < -0.39 is 11.7 Å². The van der Waals surface area contributed by atoms with Crippen LogP contribution in [0.4, 0.5) is 13.2 Å². The van der Waals surface area contributed by atoms with Gasteiger partial charge in [-0.2, -0.15) is 18.3 Å². The molecule has 0 amide bonds. The summed E-state index contributed by atoms with van der Waals surface area (Å²) in [4.78, 5) is 3.74. The lowest BCUT2D eigenvalue weighted by atomic mass is 10.2. The molecule has 0 aliphatic rings. The Morgan fingerprint density at radius 1 is 1.44 bits per heavy atom. The number of aromatic nitrogens is 3. The number of rotatable bonds is 3. The quantitative estimate of drug-likeness (QED) is 0.845. The van der Waals surface area contributed by atoms with Gasteiger partial charge in [0.1, 0.15) is 5.56 Å². The van der Waals surface area contributed by atoms with Gasteiger partial charge in [-0.15, -0.1) is 0 Å². The van der Waals surface area contributed by atoms with Gasteiger partial charge in [0.2, 0.25) is 0 Å². The standard InChI is InChI=1S/C11H9F3N3O/c1-18-7-8-4-6-16-17(8)10-9(11(12,13)14)3-2-5-15-10/h2-3,5-6H,7H2,1H3. The smallest absolute Gasteiger partial charge is 0.378 e. The van der Waals surface area contributed by atoms with Gasteiger partial charge in [0.25, 0.3) is 0 Å². The van der Waals surface area contributed by atoms with Crippen LogP contribution in [0.25, 0.3) is 5.82 Å². The van der Waals surface area contributed by atoms with E-state index in [4.69, 9.17) is 4.74 Å². The van der Waals surface area contributed by atoms with Crippen molar-refractivity contribution in [2.75, 3.05) is 7.11 Å². The second-order valence-electron chi connectivity index (χ2n) is 3.45. The molecule has 18 heavy (non-hydrogen) atoms. The van der Waals surface area contributed by atoms with Crippen LogP contribution in [-0.2, 0) is 17.5 Å². The van der Waals surface area contributed by atoms with Gasteiger partial charge in [-0.25, -0.2) is 9.67 Å². The van der Waals surface area contributed by atoms with E-state index in [1.165, 1.54) is 25.6 Å². The van der Waals surface area contributed by atoms with Gasteiger partial charge in [-0.1, -0.05) is 0 Å². The first-order chi connectivity index (χ1) is 8.54. The van der Waals surface area contributed by atoms with Crippen LogP contribution in [0, 0.1) is 6.07 Å². The Kier molecular flexibility index (Phi) is 3.33. The van der Waals surface area contributed by atoms with Crippen molar-refractivity contribution in [3.8, 4) is 5.82 Å². The Morgan fingerprint density at radius 2 is 2.22 bits per heavy atom. The maximum atomic E-state index is 12.8. The van der Waals surface area contributed by atoms with E-state index in [9.17, 15) is 13.2 Å². The van der Waals surface area contributed by atoms with E-state index in [-0.39, 0.29) is 12.4 Å². The third-order valence-corrected chi connectivity index (χ3v) is 2.23. The summed E-state index contributed by atoms with van der Waals surface area (Å²) in [6.07, 6.45) is -1.92. The molecule has 2 rings (SSSR count). The van der Waals surface area contributed by atoms with Gasteiger partial charge in [-0.05, 0) is 12.1 Å². The maximum Gasteiger partial charge on any atom is 0.420 e. The summed E-state index contributed by atoms with van der Waals surface area (Å²) in [5, 5.41) is 3.80. The van der Waals surface area contributed by atoms with Crippen molar-refractivity contribution in [3.63, 3.8) is 0 Å². The van der Waals surface area contributed by atoms with Crippen molar-refractivity contribution in [2.45, 2.75) is 12.8 Å². The van der Waals surface area contributed by atoms with Gasteiger partial charge < -0.3 is 4.74 Å². The maximum absolute atomic E-state index is 12.8. The average molecular weight is 256 g/mol.